The van der Waals surface area contributed by atoms with Crippen molar-refractivity contribution in [3.8, 4) is 0 Å². The number of nitrogens with zero attached hydrogens (tertiary/aromatic N) is 4. The number of sulfonamides is 1. The predicted octanol–water partition coefficient (Wildman–Crippen LogP) is 5.16. The highest BCUT2D eigenvalue weighted by Crippen LogP contribution is 2.44. The standard InChI is InChI=1S/C35H48N6O6S/c1-22-9-8-14-37-31(22)39-32(42)35(7)18-30(48(36,44)45)28(17-23(35)2)46-29(27-13-12-26(19-38-27)25-10-11-25)21-40-15-16-41(24(3)20-40)33(43)47-34(4,5)6/h8-9,12-14,17,19,24-25,29H,10-11,15-16,18,20-21H2,1-7H3,(H2,36,44,45)(H,37,39,42)/t24-,29-,35?/m1/s1. The van der Waals surface area contributed by atoms with E-state index < -0.39 is 33.1 Å². The molecule has 0 aromatic carbocycles. The molecular formula is C35H48N6O6S. The number of amides is 2. The van der Waals surface area contributed by atoms with Gasteiger partial charge in [0.2, 0.25) is 15.9 Å². The summed E-state index contributed by atoms with van der Waals surface area (Å²) in [6, 6.07) is 7.47. The predicted molar refractivity (Wildman–Crippen MR) is 183 cm³/mol. The number of nitrogens with one attached hydrogen (secondary N) is 1. The lowest BCUT2D eigenvalue weighted by molar-refractivity contribution is -0.123. The van der Waals surface area contributed by atoms with Crippen LogP contribution in [0.1, 0.15) is 89.6 Å². The van der Waals surface area contributed by atoms with Crippen molar-refractivity contribution in [3.63, 3.8) is 0 Å². The van der Waals surface area contributed by atoms with Crippen molar-refractivity contribution in [1.82, 2.24) is 19.8 Å². The van der Waals surface area contributed by atoms with Gasteiger partial charge in [-0.25, -0.2) is 23.3 Å². The van der Waals surface area contributed by atoms with Crippen molar-refractivity contribution in [2.75, 3.05) is 31.5 Å². The van der Waals surface area contributed by atoms with E-state index in [1.54, 1.807) is 37.1 Å². The van der Waals surface area contributed by atoms with Gasteiger partial charge < -0.3 is 19.7 Å². The Kier molecular flexibility index (Phi) is 10.1. The molecular weight excluding hydrogens is 632 g/mol. The van der Waals surface area contributed by atoms with Crippen LogP contribution in [-0.4, -0.2) is 78.0 Å². The lowest BCUT2D eigenvalue weighted by Gasteiger charge is -2.41. The van der Waals surface area contributed by atoms with Gasteiger partial charge in [0.25, 0.3) is 0 Å². The van der Waals surface area contributed by atoms with Gasteiger partial charge in [0.15, 0.2) is 6.10 Å². The SMILES string of the molecule is CC1=CC(O[C@H](CN2CCN(C(=O)OC(C)(C)C)[C@H](C)C2)c2ccc(C3CC3)cn2)=C(S(N)(=O)=O)CC1(C)C(=O)Nc1ncccc1C. The Morgan fingerprint density at radius 1 is 1.15 bits per heavy atom. The molecule has 2 aromatic rings. The van der Waals surface area contributed by atoms with Crippen LogP contribution in [0.5, 0.6) is 0 Å². The van der Waals surface area contributed by atoms with Gasteiger partial charge in [-0.15, -0.1) is 0 Å². The number of piperazine rings is 1. The number of rotatable bonds is 9. The first kappa shape index (κ1) is 35.5. The van der Waals surface area contributed by atoms with Crippen molar-refractivity contribution < 1.29 is 27.5 Å². The van der Waals surface area contributed by atoms with Gasteiger partial charge in [-0.2, -0.15) is 0 Å². The van der Waals surface area contributed by atoms with Crippen LogP contribution in [0.4, 0.5) is 10.6 Å². The molecule has 2 amide bonds. The number of allylic oxidation sites excluding steroid dienone is 2. The molecule has 13 heteroatoms. The molecule has 2 fully saturated rings. The third kappa shape index (κ3) is 8.24. The van der Waals surface area contributed by atoms with E-state index in [9.17, 15) is 18.0 Å². The minimum atomic E-state index is -4.27. The van der Waals surface area contributed by atoms with E-state index in [1.807, 2.05) is 52.9 Å². The van der Waals surface area contributed by atoms with Crippen molar-refractivity contribution in [1.29, 1.82) is 0 Å². The Bertz CT molecular complexity index is 1710. The van der Waals surface area contributed by atoms with Crippen LogP contribution in [0.15, 0.2) is 59.0 Å². The molecule has 1 aliphatic heterocycles. The van der Waals surface area contributed by atoms with Crippen molar-refractivity contribution in [2.45, 2.75) is 91.4 Å². The van der Waals surface area contributed by atoms with Crippen LogP contribution in [0.2, 0.25) is 0 Å². The maximum absolute atomic E-state index is 13.7. The highest BCUT2D eigenvalue weighted by atomic mass is 32.2. The van der Waals surface area contributed by atoms with Gasteiger partial charge in [-0.3, -0.25) is 14.7 Å². The number of anilines is 1. The monoisotopic (exact) mass is 680 g/mol. The second kappa shape index (κ2) is 13.6. The van der Waals surface area contributed by atoms with Gasteiger partial charge in [0, 0.05) is 51.0 Å². The maximum atomic E-state index is 13.7. The first-order chi connectivity index (χ1) is 22.4. The number of aryl methyl sites for hydroxylation is 1. The van der Waals surface area contributed by atoms with Crippen LogP contribution in [0.3, 0.4) is 0 Å². The van der Waals surface area contributed by atoms with E-state index in [4.69, 9.17) is 19.6 Å². The Labute approximate surface area is 283 Å². The van der Waals surface area contributed by atoms with Gasteiger partial charge in [0.05, 0.1) is 11.1 Å². The fraction of sp³-hybridized carbons (Fsp3) is 0.543. The molecule has 1 unspecified atom stereocenters. The fourth-order valence-corrected chi connectivity index (χ4v) is 6.96. The lowest BCUT2D eigenvalue weighted by Crippen LogP contribution is -2.55. The van der Waals surface area contributed by atoms with Crippen LogP contribution in [-0.2, 0) is 24.3 Å². The molecule has 3 atom stereocenters. The number of hydrogen-bond donors (Lipinski definition) is 2. The summed E-state index contributed by atoms with van der Waals surface area (Å²) < 4.78 is 38.4. The molecule has 0 radical (unpaired) electrons. The molecule has 0 bridgehead atoms. The molecule has 3 heterocycles. The number of aromatic nitrogens is 2. The van der Waals surface area contributed by atoms with Crippen LogP contribution in [0.25, 0.3) is 0 Å². The smallest absolute Gasteiger partial charge is 0.410 e. The summed E-state index contributed by atoms with van der Waals surface area (Å²) >= 11 is 0. The van der Waals surface area contributed by atoms with Gasteiger partial charge in [0.1, 0.15) is 22.1 Å². The number of primary sulfonamides is 1. The zero-order valence-electron chi connectivity index (χ0n) is 28.9. The minimum Gasteiger partial charge on any atom is -0.482 e. The first-order valence-corrected chi connectivity index (χ1v) is 18.0. The molecule has 3 N–H and O–H groups in total. The summed E-state index contributed by atoms with van der Waals surface area (Å²) in [4.78, 5) is 39.3. The molecule has 1 saturated heterocycles. The van der Waals surface area contributed by atoms with Gasteiger partial charge in [-0.05, 0) is 96.6 Å². The van der Waals surface area contributed by atoms with Crippen LogP contribution < -0.4 is 10.5 Å². The highest BCUT2D eigenvalue weighted by molar-refractivity contribution is 7.93. The zero-order chi connectivity index (χ0) is 35.0. The van der Waals surface area contributed by atoms with Gasteiger partial charge in [-0.1, -0.05) is 17.7 Å². The van der Waals surface area contributed by atoms with Crippen molar-refractivity contribution >= 4 is 27.8 Å². The van der Waals surface area contributed by atoms with E-state index in [2.05, 4.69) is 21.3 Å². The molecule has 3 aliphatic rings. The Morgan fingerprint density at radius 3 is 2.46 bits per heavy atom. The second-order valence-electron chi connectivity index (χ2n) is 14.5. The van der Waals surface area contributed by atoms with Crippen molar-refractivity contribution in [3.05, 3.63) is 75.8 Å². The number of carbonyl (C=O) groups excluding carboxylic acids is 2. The summed E-state index contributed by atoms with van der Waals surface area (Å²) in [7, 11) is -4.27. The Morgan fingerprint density at radius 2 is 1.88 bits per heavy atom. The minimum absolute atomic E-state index is 0.0906. The van der Waals surface area contributed by atoms with Crippen LogP contribution >= 0.6 is 0 Å². The quantitative estimate of drug-likeness (QED) is 0.365. The molecule has 2 aromatic heterocycles. The van der Waals surface area contributed by atoms with E-state index in [1.165, 1.54) is 5.56 Å². The Hall–Kier alpha value is -3.81. The number of pyridine rings is 2. The summed E-state index contributed by atoms with van der Waals surface area (Å²) in [5.74, 6) is 0.616. The third-order valence-corrected chi connectivity index (χ3v) is 10.3. The molecule has 260 valence electrons. The largest absolute Gasteiger partial charge is 0.482 e. The summed E-state index contributed by atoms with van der Waals surface area (Å²) in [6.07, 6.45) is 6.13. The normalized spacial score (nSPS) is 23.0. The van der Waals surface area contributed by atoms with Crippen LogP contribution in [0, 0.1) is 12.3 Å². The number of carbonyl (C=O) groups is 2. The number of nitrogens with two attached hydrogens (primary N) is 1. The molecule has 0 spiro atoms. The first-order valence-electron chi connectivity index (χ1n) is 16.5. The average molecular weight is 681 g/mol. The molecule has 5 rings (SSSR count). The molecule has 2 aliphatic carbocycles. The van der Waals surface area contributed by atoms with E-state index in [0.29, 0.717) is 49.2 Å². The van der Waals surface area contributed by atoms with Crippen molar-refractivity contribution in [2.24, 2.45) is 10.6 Å². The second-order valence-corrected chi connectivity index (χ2v) is 16.1. The number of hydrogen-bond acceptors (Lipinski definition) is 9. The molecule has 48 heavy (non-hydrogen) atoms. The summed E-state index contributed by atoms with van der Waals surface area (Å²) in [5.41, 5.74) is 1.38. The van der Waals surface area contributed by atoms with E-state index in [-0.39, 0.29) is 29.2 Å². The fourth-order valence-electron chi connectivity index (χ4n) is 6.08. The Balaban J connectivity index is 1.41. The summed E-state index contributed by atoms with van der Waals surface area (Å²) in [5, 5.41) is 8.66. The number of ether oxygens (including phenoxy) is 2. The molecule has 12 nitrogen and oxygen atoms in total. The van der Waals surface area contributed by atoms with Gasteiger partial charge >= 0.3 is 6.09 Å². The maximum Gasteiger partial charge on any atom is 0.410 e. The third-order valence-electron chi connectivity index (χ3n) is 9.31. The van der Waals surface area contributed by atoms with E-state index >= 15 is 0 Å². The lowest BCUT2D eigenvalue weighted by atomic mass is 9.75. The van der Waals surface area contributed by atoms with E-state index in [0.717, 1.165) is 18.4 Å². The zero-order valence-corrected chi connectivity index (χ0v) is 29.8. The molecule has 1 saturated carbocycles. The average Bonchev–Trinajstić information content (AvgIpc) is 3.84. The topological polar surface area (TPSA) is 157 Å². The summed E-state index contributed by atoms with van der Waals surface area (Å²) in [6.45, 7) is 14.8. The highest BCUT2D eigenvalue weighted by Gasteiger charge is 2.43.